The van der Waals surface area contributed by atoms with Crippen molar-refractivity contribution in [1.29, 1.82) is 0 Å². The van der Waals surface area contributed by atoms with Crippen LogP contribution in [-0.4, -0.2) is 27.9 Å². The van der Waals surface area contributed by atoms with E-state index < -0.39 is 0 Å². The molecule has 6 nitrogen and oxygen atoms in total. The number of hydrogen-bond donors (Lipinski definition) is 0. The monoisotopic (exact) mass is 708 g/mol. The van der Waals surface area contributed by atoms with Crippen LogP contribution in [0.15, 0.2) is 140 Å². The molecule has 1 aliphatic heterocycles. The van der Waals surface area contributed by atoms with Gasteiger partial charge in [-0.15, -0.1) is 0 Å². The van der Waals surface area contributed by atoms with Crippen LogP contribution < -0.4 is 0 Å². The van der Waals surface area contributed by atoms with E-state index in [-0.39, 0.29) is 6.17 Å². The Hall–Kier alpha value is -6.92. The second kappa shape index (κ2) is 10.8. The van der Waals surface area contributed by atoms with E-state index >= 15 is 0 Å². The van der Waals surface area contributed by atoms with E-state index in [4.69, 9.17) is 9.97 Å². The number of para-hydroxylation sites is 5. The summed E-state index contributed by atoms with van der Waals surface area (Å²) in [4.78, 5) is 10.9. The molecular formula is C49H36N6. The van der Waals surface area contributed by atoms with Crippen molar-refractivity contribution >= 4 is 98.8 Å². The maximum absolute atomic E-state index is 5.45. The first-order valence-corrected chi connectivity index (χ1v) is 19.1. The summed E-state index contributed by atoms with van der Waals surface area (Å²) in [7, 11) is 0. The molecule has 6 heteroatoms. The minimum Gasteiger partial charge on any atom is -0.317 e. The summed E-state index contributed by atoms with van der Waals surface area (Å²) >= 11 is 0. The molecule has 0 saturated carbocycles. The molecule has 0 unspecified atom stereocenters. The summed E-state index contributed by atoms with van der Waals surface area (Å²) in [6, 6.07) is 50.9. The fourth-order valence-corrected chi connectivity index (χ4v) is 9.89. The molecule has 0 spiro atoms. The minimum absolute atomic E-state index is 0.110. The molecule has 4 aromatic heterocycles. The third-order valence-corrected chi connectivity index (χ3v) is 12.0. The van der Waals surface area contributed by atoms with Gasteiger partial charge < -0.3 is 9.13 Å². The Bertz CT molecular complexity index is 3660. The third kappa shape index (κ3) is 3.93. The molecule has 0 aliphatic carbocycles. The van der Waals surface area contributed by atoms with E-state index in [1.54, 1.807) is 0 Å². The standard InChI is InChI=1S/C49H36N6/c1-28-26-30(3)45-38(27-28)35-18-8-6-16-33(35)32-15-5-7-17-34(32)36-24-25-43-47-46(36)52(45)31(4)53(47)44-29(2)14-13-19-37(44)48-50-39-20-9-12-23-42(39)55(48)49-51-40-21-10-11-22-41(40)54(43)49/h5-27,31H,1-4H3/t31-/m0/s1. The Kier molecular flexibility index (Phi) is 6.01. The van der Waals surface area contributed by atoms with E-state index in [0.717, 1.165) is 55.4 Å². The first-order chi connectivity index (χ1) is 27.0. The predicted molar refractivity (Wildman–Crippen MR) is 230 cm³/mol. The van der Waals surface area contributed by atoms with Crippen LogP contribution in [-0.2, 0) is 0 Å². The molecule has 0 bridgehead atoms. The van der Waals surface area contributed by atoms with E-state index in [2.05, 4.69) is 185 Å². The number of fused-ring (bicyclic) bond motifs is 18. The van der Waals surface area contributed by atoms with E-state index in [1.807, 2.05) is 0 Å². The molecular weight excluding hydrogens is 673 g/mol. The summed E-state index contributed by atoms with van der Waals surface area (Å²) in [6.07, 6.45) is -0.110. The summed E-state index contributed by atoms with van der Waals surface area (Å²) in [5.41, 5.74) is 14.3. The quantitative estimate of drug-likeness (QED) is 0.157. The highest BCUT2D eigenvalue weighted by Gasteiger charge is 2.28. The van der Waals surface area contributed by atoms with Gasteiger partial charge in [0.1, 0.15) is 11.8 Å². The molecule has 12 rings (SSSR count). The molecule has 1 aliphatic rings. The summed E-state index contributed by atoms with van der Waals surface area (Å²) in [6.45, 7) is 9.12. The fraction of sp³-hybridized carbons (Fsp3) is 0.102. The van der Waals surface area contributed by atoms with Crippen LogP contribution in [0.25, 0.3) is 98.8 Å². The summed E-state index contributed by atoms with van der Waals surface area (Å²) in [5.74, 6) is 0.824. The number of aromatic nitrogens is 6. The van der Waals surface area contributed by atoms with Crippen LogP contribution in [0.1, 0.15) is 29.8 Å². The second-order valence-corrected chi connectivity index (χ2v) is 15.2. The molecule has 11 aromatic rings. The molecule has 0 N–H and O–H groups in total. The van der Waals surface area contributed by atoms with Crippen LogP contribution in [0.5, 0.6) is 0 Å². The highest BCUT2D eigenvalue weighted by molar-refractivity contribution is 6.23. The number of imidazole rings is 2. The molecule has 5 heterocycles. The first kappa shape index (κ1) is 30.5. The summed E-state index contributed by atoms with van der Waals surface area (Å²) in [5, 5.41) is 8.45. The Morgan fingerprint density at radius 1 is 0.418 bits per heavy atom. The molecule has 0 amide bonds. The normalized spacial score (nSPS) is 14.0. The lowest BCUT2D eigenvalue weighted by molar-refractivity contribution is 0.543. The largest absolute Gasteiger partial charge is 0.317 e. The molecule has 0 saturated heterocycles. The van der Waals surface area contributed by atoms with Crippen molar-refractivity contribution in [3.05, 3.63) is 156 Å². The third-order valence-electron chi connectivity index (χ3n) is 12.0. The van der Waals surface area contributed by atoms with Gasteiger partial charge in [0.25, 0.3) is 0 Å². The van der Waals surface area contributed by atoms with Gasteiger partial charge in [-0.25, -0.2) is 9.97 Å². The van der Waals surface area contributed by atoms with Gasteiger partial charge in [-0.1, -0.05) is 103 Å². The van der Waals surface area contributed by atoms with E-state index in [9.17, 15) is 0 Å². The van der Waals surface area contributed by atoms with Crippen LogP contribution >= 0.6 is 0 Å². The van der Waals surface area contributed by atoms with Crippen molar-refractivity contribution in [2.45, 2.75) is 33.9 Å². The Balaban J connectivity index is 1.54. The van der Waals surface area contributed by atoms with Gasteiger partial charge in [-0.2, -0.15) is 0 Å². The average molecular weight is 709 g/mol. The molecule has 7 aromatic carbocycles. The zero-order valence-corrected chi connectivity index (χ0v) is 31.0. The minimum atomic E-state index is -0.110. The number of aryl methyl sites for hydroxylation is 3. The van der Waals surface area contributed by atoms with Gasteiger partial charge in [0.15, 0.2) is 0 Å². The zero-order chi connectivity index (χ0) is 36.7. The lowest BCUT2D eigenvalue weighted by Crippen LogP contribution is -2.11. The predicted octanol–water partition coefficient (Wildman–Crippen LogP) is 12.4. The molecule has 55 heavy (non-hydrogen) atoms. The zero-order valence-electron chi connectivity index (χ0n) is 31.0. The maximum atomic E-state index is 5.45. The van der Waals surface area contributed by atoms with E-state index in [1.165, 1.54) is 60.0 Å². The topological polar surface area (TPSA) is 44.5 Å². The number of rotatable bonds is 0. The van der Waals surface area contributed by atoms with Gasteiger partial charge in [0.2, 0.25) is 5.78 Å². The van der Waals surface area contributed by atoms with Crippen LogP contribution in [0, 0.1) is 20.8 Å². The maximum Gasteiger partial charge on any atom is 0.221 e. The van der Waals surface area contributed by atoms with Gasteiger partial charge >= 0.3 is 0 Å². The first-order valence-electron chi connectivity index (χ1n) is 19.1. The van der Waals surface area contributed by atoms with Crippen molar-refractivity contribution in [1.82, 2.24) is 27.9 Å². The molecule has 1 atom stereocenters. The van der Waals surface area contributed by atoms with Crippen molar-refractivity contribution in [2.75, 3.05) is 0 Å². The van der Waals surface area contributed by atoms with Crippen LogP contribution in [0.3, 0.4) is 0 Å². The smallest absolute Gasteiger partial charge is 0.221 e. The molecule has 0 radical (unpaired) electrons. The van der Waals surface area contributed by atoms with Crippen molar-refractivity contribution < 1.29 is 0 Å². The Morgan fingerprint density at radius 2 is 0.982 bits per heavy atom. The van der Waals surface area contributed by atoms with Crippen molar-refractivity contribution in [3.63, 3.8) is 0 Å². The van der Waals surface area contributed by atoms with Crippen molar-refractivity contribution in [3.8, 4) is 0 Å². The fourth-order valence-electron chi connectivity index (χ4n) is 9.89. The number of hydrogen-bond acceptors (Lipinski definition) is 2. The van der Waals surface area contributed by atoms with Crippen molar-refractivity contribution in [2.24, 2.45) is 0 Å². The number of nitrogens with zero attached hydrogens (tertiary/aromatic N) is 6. The second-order valence-electron chi connectivity index (χ2n) is 15.2. The molecule has 0 fully saturated rings. The van der Waals surface area contributed by atoms with Gasteiger partial charge in [-0.05, 0) is 103 Å². The van der Waals surface area contributed by atoms with Crippen LogP contribution in [0.4, 0.5) is 0 Å². The highest BCUT2D eigenvalue weighted by Crippen LogP contribution is 2.44. The highest BCUT2D eigenvalue weighted by atomic mass is 15.3. The van der Waals surface area contributed by atoms with Gasteiger partial charge in [0.05, 0.1) is 49.7 Å². The molecule has 262 valence electrons. The lowest BCUT2D eigenvalue weighted by atomic mass is 9.99. The Labute approximate surface area is 315 Å². The summed E-state index contributed by atoms with van der Waals surface area (Å²) < 4.78 is 9.90. The lowest BCUT2D eigenvalue weighted by Gasteiger charge is -2.20. The van der Waals surface area contributed by atoms with Gasteiger partial charge in [-0.3, -0.25) is 8.80 Å². The number of benzene rings is 7. The average Bonchev–Trinajstić information content (AvgIpc) is 3.87. The van der Waals surface area contributed by atoms with Crippen LogP contribution in [0.2, 0.25) is 0 Å². The van der Waals surface area contributed by atoms with Gasteiger partial charge in [0, 0.05) is 16.2 Å². The van der Waals surface area contributed by atoms with E-state index in [0.29, 0.717) is 0 Å². The Morgan fingerprint density at radius 3 is 1.71 bits per heavy atom. The SMILES string of the molecule is Cc1cc(C)c2c(c1)c1ccccc1c1ccccc1c1ccc3c4c1n2[C@H](C)n4c1c(C)cccc1c1nc2ccccc2n1c1nc2ccccc2n31.